The average molecular weight is 518 g/mol. The standard InChI is InChI=1S/C28H25ClN4O4/c1-37-33-17-20(23-16-21(29)8-12-25(23)32-14-2-13-30-32)7-11-26(33)24(15-18-3-4-18)27(34)31-22-9-5-19(6-10-22)28(35)36/h2,5-14,16-18,24H,3-4,15H2,1H3,(H-,31,34,35,36)/p+1. The molecule has 2 aromatic heterocycles. The first-order valence-electron chi connectivity index (χ1n) is 12.0. The van der Waals surface area contributed by atoms with E-state index in [-0.39, 0.29) is 11.5 Å². The Bertz CT molecular complexity index is 1430. The minimum atomic E-state index is -1.01. The molecule has 37 heavy (non-hydrogen) atoms. The van der Waals surface area contributed by atoms with Gasteiger partial charge in [0, 0.05) is 39.5 Å². The topological polar surface area (TPSA) is 97.3 Å². The van der Waals surface area contributed by atoms with E-state index >= 15 is 0 Å². The molecule has 1 atom stereocenters. The molecular weight excluding hydrogens is 492 g/mol. The maximum atomic E-state index is 13.4. The van der Waals surface area contributed by atoms with Crippen molar-refractivity contribution in [2.75, 3.05) is 12.4 Å². The van der Waals surface area contributed by atoms with E-state index in [1.165, 1.54) is 12.1 Å². The van der Waals surface area contributed by atoms with Gasteiger partial charge in [-0.3, -0.25) is 9.63 Å². The van der Waals surface area contributed by atoms with E-state index < -0.39 is 11.9 Å². The molecule has 1 aliphatic rings. The highest BCUT2D eigenvalue weighted by atomic mass is 35.5. The molecule has 9 heteroatoms. The van der Waals surface area contributed by atoms with Crippen LogP contribution in [0.3, 0.4) is 0 Å². The fraction of sp³-hybridized carbons (Fsp3) is 0.214. The molecule has 0 bridgehead atoms. The Hall–Kier alpha value is -4.17. The number of anilines is 1. The van der Waals surface area contributed by atoms with Crippen LogP contribution in [0.15, 0.2) is 79.3 Å². The Morgan fingerprint density at radius 2 is 1.97 bits per heavy atom. The quantitative estimate of drug-likeness (QED) is 0.312. The lowest BCUT2D eigenvalue weighted by atomic mass is 9.95. The monoisotopic (exact) mass is 517 g/mol. The van der Waals surface area contributed by atoms with Gasteiger partial charge in [-0.1, -0.05) is 24.4 Å². The molecular formula is C28H26ClN4O4+. The van der Waals surface area contributed by atoms with Gasteiger partial charge in [0.05, 0.1) is 16.8 Å². The van der Waals surface area contributed by atoms with Crippen LogP contribution in [0.25, 0.3) is 16.8 Å². The molecule has 1 fully saturated rings. The number of benzene rings is 2. The lowest BCUT2D eigenvalue weighted by molar-refractivity contribution is -0.890. The van der Waals surface area contributed by atoms with Gasteiger partial charge in [0.1, 0.15) is 13.0 Å². The summed E-state index contributed by atoms with van der Waals surface area (Å²) < 4.78 is 3.40. The Balaban J connectivity index is 1.48. The van der Waals surface area contributed by atoms with E-state index in [1.54, 1.807) is 34.9 Å². The molecule has 0 saturated heterocycles. The summed E-state index contributed by atoms with van der Waals surface area (Å²) in [4.78, 5) is 30.3. The second-order valence-corrected chi connectivity index (χ2v) is 9.50. The maximum absolute atomic E-state index is 13.4. The molecule has 1 unspecified atom stereocenters. The first-order valence-corrected chi connectivity index (χ1v) is 12.3. The van der Waals surface area contributed by atoms with Crippen LogP contribution < -0.4 is 14.9 Å². The molecule has 2 N–H and O–H groups in total. The summed E-state index contributed by atoms with van der Waals surface area (Å²) in [5.41, 5.74) is 4.01. The summed E-state index contributed by atoms with van der Waals surface area (Å²) in [5, 5.41) is 17.0. The first-order chi connectivity index (χ1) is 17.9. The number of rotatable bonds is 9. The lowest BCUT2D eigenvalue weighted by Gasteiger charge is -2.16. The second kappa shape index (κ2) is 10.4. The van der Waals surface area contributed by atoms with Gasteiger partial charge in [0.25, 0.3) is 0 Å². The Morgan fingerprint density at radius 3 is 2.62 bits per heavy atom. The maximum Gasteiger partial charge on any atom is 0.335 e. The van der Waals surface area contributed by atoms with Gasteiger partial charge in [-0.05, 0) is 66.9 Å². The lowest BCUT2D eigenvalue weighted by Crippen LogP contribution is -2.47. The fourth-order valence-electron chi connectivity index (χ4n) is 4.40. The molecule has 4 aromatic rings. The van der Waals surface area contributed by atoms with Crippen molar-refractivity contribution in [3.63, 3.8) is 0 Å². The van der Waals surface area contributed by atoms with Crippen molar-refractivity contribution >= 4 is 29.2 Å². The predicted molar refractivity (Wildman–Crippen MR) is 139 cm³/mol. The summed E-state index contributed by atoms with van der Waals surface area (Å²) in [6.45, 7) is 0. The zero-order valence-electron chi connectivity index (χ0n) is 20.2. The van der Waals surface area contributed by atoms with Gasteiger partial charge in [-0.15, -0.1) is 0 Å². The third-order valence-corrected chi connectivity index (χ3v) is 6.74. The van der Waals surface area contributed by atoms with Crippen molar-refractivity contribution in [3.8, 4) is 16.8 Å². The number of aromatic carboxylic acids is 1. The molecule has 2 aromatic carbocycles. The molecule has 1 aliphatic carbocycles. The Morgan fingerprint density at radius 1 is 1.19 bits per heavy atom. The van der Waals surface area contributed by atoms with Gasteiger partial charge in [0.15, 0.2) is 0 Å². The van der Waals surface area contributed by atoms with Crippen molar-refractivity contribution in [2.24, 2.45) is 5.92 Å². The highest BCUT2D eigenvalue weighted by molar-refractivity contribution is 6.31. The average Bonchev–Trinajstić information content (AvgIpc) is 3.57. The van der Waals surface area contributed by atoms with E-state index in [0.29, 0.717) is 23.0 Å². The van der Waals surface area contributed by atoms with Crippen molar-refractivity contribution < 1.29 is 24.3 Å². The van der Waals surface area contributed by atoms with E-state index in [4.69, 9.17) is 21.5 Å². The number of hydrogen-bond acceptors (Lipinski definition) is 4. The number of aromatic nitrogens is 3. The molecule has 1 amide bonds. The second-order valence-electron chi connectivity index (χ2n) is 9.07. The third-order valence-electron chi connectivity index (χ3n) is 6.50. The summed E-state index contributed by atoms with van der Waals surface area (Å²) in [5.74, 6) is -1.16. The largest absolute Gasteiger partial charge is 0.478 e. The number of nitrogens with zero attached hydrogens (tertiary/aromatic N) is 3. The van der Waals surface area contributed by atoms with Crippen molar-refractivity contribution in [3.05, 3.63) is 95.5 Å². The summed E-state index contributed by atoms with van der Waals surface area (Å²) in [6.07, 6.45) is 8.31. The highest BCUT2D eigenvalue weighted by Crippen LogP contribution is 2.39. The predicted octanol–water partition coefficient (Wildman–Crippen LogP) is 4.76. The normalized spacial score (nSPS) is 13.7. The fourth-order valence-corrected chi connectivity index (χ4v) is 4.58. The van der Waals surface area contributed by atoms with Gasteiger partial charge >= 0.3 is 5.97 Å². The van der Waals surface area contributed by atoms with Crippen LogP contribution in [0.2, 0.25) is 5.02 Å². The van der Waals surface area contributed by atoms with Crippen LogP contribution >= 0.6 is 11.6 Å². The highest BCUT2D eigenvalue weighted by Gasteiger charge is 2.36. The molecule has 2 heterocycles. The third kappa shape index (κ3) is 5.49. The van der Waals surface area contributed by atoms with Crippen molar-refractivity contribution in [2.45, 2.75) is 25.2 Å². The number of halogens is 1. The summed E-state index contributed by atoms with van der Waals surface area (Å²) >= 11 is 6.34. The number of carboxylic acids is 1. The summed E-state index contributed by atoms with van der Waals surface area (Å²) in [6, 6.07) is 17.5. The van der Waals surface area contributed by atoms with Gasteiger partial charge in [0.2, 0.25) is 17.8 Å². The molecule has 0 spiro atoms. The zero-order chi connectivity index (χ0) is 25.9. The molecule has 0 radical (unpaired) electrons. The zero-order valence-corrected chi connectivity index (χ0v) is 20.9. The van der Waals surface area contributed by atoms with Crippen molar-refractivity contribution in [1.29, 1.82) is 0 Å². The van der Waals surface area contributed by atoms with Crippen LogP contribution in [-0.4, -0.2) is 33.9 Å². The minimum Gasteiger partial charge on any atom is -0.478 e. The minimum absolute atomic E-state index is 0.163. The van der Waals surface area contributed by atoms with Crippen LogP contribution in [0.1, 0.15) is 41.2 Å². The van der Waals surface area contributed by atoms with Gasteiger partial charge in [-0.2, -0.15) is 5.10 Å². The van der Waals surface area contributed by atoms with E-state index in [9.17, 15) is 9.59 Å². The van der Waals surface area contributed by atoms with E-state index in [2.05, 4.69) is 10.4 Å². The first kappa shape index (κ1) is 24.5. The number of nitrogens with one attached hydrogen (secondary N) is 1. The number of carbonyl (C=O) groups is 2. The number of pyridine rings is 1. The van der Waals surface area contributed by atoms with E-state index in [1.807, 2.05) is 48.8 Å². The molecule has 5 rings (SSSR count). The van der Waals surface area contributed by atoms with Crippen LogP contribution in [0.4, 0.5) is 5.69 Å². The number of amides is 1. The Kier molecular flexibility index (Phi) is 6.92. The van der Waals surface area contributed by atoms with E-state index in [0.717, 1.165) is 35.3 Å². The molecule has 0 aliphatic heterocycles. The summed E-state index contributed by atoms with van der Waals surface area (Å²) in [7, 11) is 1.57. The van der Waals surface area contributed by atoms with Gasteiger partial charge < -0.3 is 10.4 Å². The van der Waals surface area contributed by atoms with Crippen LogP contribution in [-0.2, 0) is 4.79 Å². The molecule has 188 valence electrons. The van der Waals surface area contributed by atoms with Crippen LogP contribution in [0, 0.1) is 5.92 Å². The number of carboxylic acid groups (broad SMARTS) is 1. The Labute approximate surface area is 219 Å². The number of hydrogen-bond donors (Lipinski definition) is 2. The smallest absolute Gasteiger partial charge is 0.335 e. The van der Waals surface area contributed by atoms with Gasteiger partial charge in [-0.25, -0.2) is 9.48 Å². The van der Waals surface area contributed by atoms with Crippen LogP contribution in [0.5, 0.6) is 0 Å². The van der Waals surface area contributed by atoms with Crippen molar-refractivity contribution in [1.82, 2.24) is 9.78 Å². The molecule has 8 nitrogen and oxygen atoms in total. The molecule has 1 saturated carbocycles. The number of carbonyl (C=O) groups excluding carboxylic acids is 1. The SMILES string of the molecule is CO[n+]1cc(-c2cc(Cl)ccc2-n2cccn2)ccc1C(CC1CC1)C(=O)Nc1ccc(C(=O)O)cc1.